The van der Waals surface area contributed by atoms with Crippen molar-refractivity contribution in [3.8, 4) is 17.2 Å². The van der Waals surface area contributed by atoms with Crippen molar-refractivity contribution in [2.24, 2.45) is 0 Å². The molecular formula is C18H15N3O4. The van der Waals surface area contributed by atoms with Gasteiger partial charge in [0, 0.05) is 0 Å². The summed E-state index contributed by atoms with van der Waals surface area (Å²) in [6.07, 6.45) is 0. The van der Waals surface area contributed by atoms with Crippen molar-refractivity contribution in [1.29, 1.82) is 0 Å². The van der Waals surface area contributed by atoms with Gasteiger partial charge in [-0.1, -0.05) is 24.3 Å². The molecule has 0 spiro atoms. The molecule has 0 saturated heterocycles. The Hall–Kier alpha value is -3.35. The summed E-state index contributed by atoms with van der Waals surface area (Å²) in [6, 6.07) is 14.6. The molecule has 2 aromatic carbocycles. The molecule has 0 bridgehead atoms. The van der Waals surface area contributed by atoms with E-state index in [1.54, 1.807) is 6.07 Å². The third kappa shape index (κ3) is 2.80. The number of ether oxygens (including phenoxy) is 1. The van der Waals surface area contributed by atoms with E-state index < -0.39 is 5.76 Å². The van der Waals surface area contributed by atoms with Crippen LogP contribution in [0.1, 0.15) is 12.8 Å². The molecule has 0 unspecified atom stereocenters. The zero-order valence-electron chi connectivity index (χ0n) is 13.5. The van der Waals surface area contributed by atoms with Gasteiger partial charge in [0.15, 0.2) is 5.58 Å². The van der Waals surface area contributed by atoms with E-state index in [0.717, 1.165) is 0 Å². The van der Waals surface area contributed by atoms with E-state index in [1.807, 2.05) is 49.4 Å². The monoisotopic (exact) mass is 337 g/mol. The van der Waals surface area contributed by atoms with Crippen molar-refractivity contribution in [2.45, 2.75) is 13.5 Å². The molecule has 0 fully saturated rings. The molecule has 7 nitrogen and oxygen atoms in total. The summed E-state index contributed by atoms with van der Waals surface area (Å²) in [4.78, 5) is 12.0. The first-order valence-electron chi connectivity index (χ1n) is 7.89. The zero-order chi connectivity index (χ0) is 17.2. The van der Waals surface area contributed by atoms with Crippen molar-refractivity contribution in [2.75, 3.05) is 6.61 Å². The molecule has 0 radical (unpaired) electrons. The maximum absolute atomic E-state index is 12.0. The van der Waals surface area contributed by atoms with Crippen LogP contribution in [0, 0.1) is 0 Å². The predicted molar refractivity (Wildman–Crippen MR) is 90.5 cm³/mol. The normalized spacial score (nSPS) is 11.1. The van der Waals surface area contributed by atoms with Crippen molar-refractivity contribution in [3.63, 3.8) is 0 Å². The predicted octanol–water partition coefficient (Wildman–Crippen LogP) is 3.09. The number of fused-ring (bicyclic) bond motifs is 1. The van der Waals surface area contributed by atoms with Crippen LogP contribution in [0.4, 0.5) is 0 Å². The average Bonchev–Trinajstić information content (AvgIpc) is 3.21. The number of hydrogen-bond donors (Lipinski definition) is 0. The number of hydrogen-bond acceptors (Lipinski definition) is 6. The van der Waals surface area contributed by atoms with E-state index in [4.69, 9.17) is 13.6 Å². The molecule has 0 aliphatic rings. The van der Waals surface area contributed by atoms with Gasteiger partial charge in [-0.15, -0.1) is 10.2 Å². The van der Waals surface area contributed by atoms with E-state index in [0.29, 0.717) is 40.8 Å². The lowest BCUT2D eigenvalue weighted by Gasteiger charge is -2.06. The molecule has 0 amide bonds. The Morgan fingerprint density at radius 2 is 1.84 bits per heavy atom. The Kier molecular flexibility index (Phi) is 3.81. The Balaban J connectivity index is 1.68. The number of rotatable bonds is 5. The molecular weight excluding hydrogens is 322 g/mol. The second-order valence-corrected chi connectivity index (χ2v) is 5.35. The second kappa shape index (κ2) is 6.27. The van der Waals surface area contributed by atoms with Crippen LogP contribution in [-0.2, 0) is 6.54 Å². The standard InChI is InChI=1S/C18H15N3O4/c1-2-23-14-9-5-3-7-12(14)17-20-19-16(25-17)11-21-13-8-4-6-10-15(13)24-18(21)22/h3-10H,2,11H2,1H3. The number of oxazole rings is 1. The molecule has 2 aromatic heterocycles. The Morgan fingerprint density at radius 1 is 1.04 bits per heavy atom. The van der Waals surface area contributed by atoms with Gasteiger partial charge in [-0.2, -0.15) is 0 Å². The fourth-order valence-electron chi connectivity index (χ4n) is 2.65. The molecule has 0 aliphatic carbocycles. The van der Waals surface area contributed by atoms with Gasteiger partial charge in [0.2, 0.25) is 5.89 Å². The highest BCUT2D eigenvalue weighted by atomic mass is 16.5. The van der Waals surface area contributed by atoms with E-state index in [9.17, 15) is 4.79 Å². The fraction of sp³-hybridized carbons (Fsp3) is 0.167. The van der Waals surface area contributed by atoms with Crippen LogP contribution in [0.2, 0.25) is 0 Å². The first-order valence-corrected chi connectivity index (χ1v) is 7.89. The third-order valence-corrected chi connectivity index (χ3v) is 3.75. The Morgan fingerprint density at radius 3 is 2.72 bits per heavy atom. The Bertz CT molecular complexity index is 1080. The van der Waals surface area contributed by atoms with Crippen LogP contribution in [0.5, 0.6) is 5.75 Å². The van der Waals surface area contributed by atoms with Gasteiger partial charge >= 0.3 is 5.76 Å². The van der Waals surface area contributed by atoms with Gasteiger partial charge in [-0.3, -0.25) is 4.57 Å². The molecule has 0 N–H and O–H groups in total. The summed E-state index contributed by atoms with van der Waals surface area (Å²) in [6.45, 7) is 2.58. The highest BCUT2D eigenvalue weighted by Crippen LogP contribution is 2.28. The van der Waals surface area contributed by atoms with Crippen molar-refractivity contribution in [1.82, 2.24) is 14.8 Å². The lowest BCUT2D eigenvalue weighted by atomic mass is 10.2. The van der Waals surface area contributed by atoms with Crippen molar-refractivity contribution in [3.05, 3.63) is 65.0 Å². The van der Waals surface area contributed by atoms with Crippen LogP contribution in [0.15, 0.2) is 62.2 Å². The maximum atomic E-state index is 12.0. The minimum absolute atomic E-state index is 0.139. The van der Waals surface area contributed by atoms with Crippen LogP contribution in [0.25, 0.3) is 22.6 Å². The molecule has 126 valence electrons. The number of benzene rings is 2. The van der Waals surface area contributed by atoms with E-state index >= 15 is 0 Å². The summed E-state index contributed by atoms with van der Waals surface area (Å²) in [7, 11) is 0. The largest absolute Gasteiger partial charge is 0.493 e. The molecule has 25 heavy (non-hydrogen) atoms. The highest BCUT2D eigenvalue weighted by molar-refractivity contribution is 5.72. The van der Waals surface area contributed by atoms with Crippen LogP contribution in [-0.4, -0.2) is 21.4 Å². The first-order chi connectivity index (χ1) is 12.3. The van der Waals surface area contributed by atoms with Gasteiger partial charge in [-0.25, -0.2) is 4.79 Å². The third-order valence-electron chi connectivity index (χ3n) is 3.75. The van der Waals surface area contributed by atoms with E-state index in [1.165, 1.54) is 4.57 Å². The van der Waals surface area contributed by atoms with Crippen molar-refractivity contribution < 1.29 is 13.6 Å². The molecule has 0 aliphatic heterocycles. The summed E-state index contributed by atoms with van der Waals surface area (Å²) in [5, 5.41) is 8.12. The number of para-hydroxylation sites is 3. The molecule has 7 heteroatoms. The summed E-state index contributed by atoms with van der Waals surface area (Å²) >= 11 is 0. The highest BCUT2D eigenvalue weighted by Gasteiger charge is 2.16. The van der Waals surface area contributed by atoms with E-state index in [2.05, 4.69) is 10.2 Å². The summed E-state index contributed by atoms with van der Waals surface area (Å²) in [5.74, 6) is 0.872. The van der Waals surface area contributed by atoms with Gasteiger partial charge in [0.1, 0.15) is 12.3 Å². The summed E-state index contributed by atoms with van der Waals surface area (Å²) in [5.41, 5.74) is 1.92. The maximum Gasteiger partial charge on any atom is 0.420 e. The second-order valence-electron chi connectivity index (χ2n) is 5.35. The molecule has 0 saturated carbocycles. The van der Waals surface area contributed by atoms with Crippen LogP contribution < -0.4 is 10.5 Å². The summed E-state index contributed by atoms with van der Waals surface area (Å²) < 4.78 is 18.0. The molecule has 4 rings (SSSR count). The molecule has 0 atom stereocenters. The minimum atomic E-state index is -0.462. The van der Waals surface area contributed by atoms with Gasteiger partial charge < -0.3 is 13.6 Å². The fourth-order valence-corrected chi connectivity index (χ4v) is 2.65. The average molecular weight is 337 g/mol. The zero-order valence-corrected chi connectivity index (χ0v) is 13.5. The smallest absolute Gasteiger partial charge is 0.420 e. The van der Waals surface area contributed by atoms with Crippen LogP contribution >= 0.6 is 0 Å². The first kappa shape index (κ1) is 15.2. The lowest BCUT2D eigenvalue weighted by Crippen LogP contribution is -2.15. The van der Waals surface area contributed by atoms with E-state index in [-0.39, 0.29) is 6.54 Å². The van der Waals surface area contributed by atoms with Gasteiger partial charge in [0.05, 0.1) is 17.7 Å². The molecule has 4 aromatic rings. The number of nitrogens with zero attached hydrogens (tertiary/aromatic N) is 3. The topological polar surface area (TPSA) is 83.3 Å². The number of aromatic nitrogens is 3. The minimum Gasteiger partial charge on any atom is -0.493 e. The molecule has 2 heterocycles. The lowest BCUT2D eigenvalue weighted by molar-refractivity contribution is 0.340. The van der Waals surface area contributed by atoms with Crippen LogP contribution in [0.3, 0.4) is 0 Å². The van der Waals surface area contributed by atoms with Crippen molar-refractivity contribution >= 4 is 11.1 Å². The Labute approximate surface area is 142 Å². The van der Waals surface area contributed by atoms with Gasteiger partial charge in [0.25, 0.3) is 5.89 Å². The SMILES string of the molecule is CCOc1ccccc1-c1nnc(Cn2c(=O)oc3ccccc32)o1. The quantitative estimate of drug-likeness (QED) is 0.556. The van der Waals surface area contributed by atoms with Gasteiger partial charge in [-0.05, 0) is 31.2 Å².